The average molecular weight is 739 g/mol. The van der Waals surface area contributed by atoms with Crippen molar-refractivity contribution in [2.45, 2.75) is 11.8 Å². The summed E-state index contributed by atoms with van der Waals surface area (Å²) in [4.78, 5) is 72.9. The van der Waals surface area contributed by atoms with Crippen molar-refractivity contribution in [3.8, 4) is 0 Å². The van der Waals surface area contributed by atoms with Gasteiger partial charge in [-0.1, -0.05) is 47.5 Å². The number of anilines is 4. The van der Waals surface area contributed by atoms with Gasteiger partial charge in [-0.3, -0.25) is 35.0 Å². The van der Waals surface area contributed by atoms with Gasteiger partial charge >= 0.3 is 12.1 Å². The van der Waals surface area contributed by atoms with Crippen LogP contribution >= 0.6 is 23.2 Å². The van der Waals surface area contributed by atoms with Crippen LogP contribution in [-0.4, -0.2) is 67.4 Å². The van der Waals surface area contributed by atoms with Crippen molar-refractivity contribution in [1.82, 2.24) is 49.6 Å². The topological polar surface area (TPSA) is 251 Å². The molecular weight excluding hydrogens is 719 g/mol. The Morgan fingerprint density at radius 2 is 1.10 bits per heavy atom. The quantitative estimate of drug-likeness (QED) is 0.144. The number of Topliss-reactive ketones (excluding diaryl/α,β-unsaturated/α-hetero) is 1. The molecule has 19 nitrogen and oxygen atoms in total. The van der Waals surface area contributed by atoms with Gasteiger partial charge in [0.2, 0.25) is 0 Å². The highest BCUT2D eigenvalue weighted by Gasteiger charge is 2.54. The summed E-state index contributed by atoms with van der Waals surface area (Å²) in [5, 5.41) is 35.7. The lowest BCUT2D eigenvalue weighted by Crippen LogP contribution is -2.46. The lowest BCUT2D eigenvalue weighted by molar-refractivity contribution is 0.0920. The smallest absolute Gasteiger partial charge is 0.308 e. The van der Waals surface area contributed by atoms with Crippen LogP contribution in [0.5, 0.6) is 0 Å². The molecule has 1 aliphatic rings. The summed E-state index contributed by atoms with van der Waals surface area (Å²) < 4.78 is 2.02. The van der Waals surface area contributed by atoms with E-state index in [0.29, 0.717) is 27.0 Å². The number of hydrogen-bond donors (Lipinski definition) is 6. The second-order valence-corrected chi connectivity index (χ2v) is 12.2. The molecule has 4 heterocycles. The van der Waals surface area contributed by atoms with Crippen LogP contribution in [0.4, 0.5) is 32.9 Å². The number of aromatic nitrogens is 10. The monoisotopic (exact) mass is 738 g/mol. The highest BCUT2D eigenvalue weighted by molar-refractivity contribution is 6.31. The standard InChI is InChI=1S/C31H20Cl2N14O5/c32-15-5-9-17(10-6-15)34-29(51)38-27-42-40-25-36-23(49)20(44-46(25)27)31(13-14-3-1-2-4-19(14)22(31)48)21-24(50)37-26-41-43-28(47(26)45-21)39-30(52)35-18-11-7-16(33)8-12-18/h1-12H,13H2,(H,36,40,49)(H,37,41,50)(H2,34,38,42,51)(H2,35,39,43,52). The molecule has 0 atom stereocenters. The number of ketones is 1. The molecule has 0 radical (unpaired) electrons. The molecule has 0 bridgehead atoms. The molecule has 0 saturated heterocycles. The Hall–Kier alpha value is -6.99. The molecule has 52 heavy (non-hydrogen) atoms. The van der Waals surface area contributed by atoms with E-state index in [-0.39, 0.29) is 35.4 Å². The third-order valence-corrected chi connectivity index (χ3v) is 8.63. The zero-order valence-electron chi connectivity index (χ0n) is 26.0. The highest BCUT2D eigenvalue weighted by Crippen LogP contribution is 2.41. The molecule has 6 N–H and O–H groups in total. The molecule has 3 aromatic carbocycles. The number of halogens is 2. The first-order valence-corrected chi connectivity index (χ1v) is 15.9. The van der Waals surface area contributed by atoms with Gasteiger partial charge in [0, 0.05) is 27.0 Å². The summed E-state index contributed by atoms with van der Waals surface area (Å²) >= 11 is 11.9. The molecule has 0 unspecified atom stereocenters. The van der Waals surface area contributed by atoms with Crippen molar-refractivity contribution in [3.63, 3.8) is 0 Å². The lowest BCUT2D eigenvalue weighted by atomic mass is 9.77. The molecule has 8 rings (SSSR count). The van der Waals surface area contributed by atoms with Gasteiger partial charge < -0.3 is 10.6 Å². The summed E-state index contributed by atoms with van der Waals surface area (Å²) in [6, 6.07) is 17.7. The van der Waals surface area contributed by atoms with Crippen LogP contribution < -0.4 is 32.4 Å². The first-order valence-electron chi connectivity index (χ1n) is 15.1. The third-order valence-electron chi connectivity index (χ3n) is 8.13. The van der Waals surface area contributed by atoms with Crippen molar-refractivity contribution in [2.24, 2.45) is 0 Å². The Balaban J connectivity index is 1.22. The molecule has 0 saturated carbocycles. The van der Waals surface area contributed by atoms with E-state index < -0.39 is 45.8 Å². The van der Waals surface area contributed by atoms with E-state index in [0.717, 1.165) is 9.03 Å². The van der Waals surface area contributed by atoms with E-state index >= 15 is 0 Å². The lowest BCUT2D eigenvalue weighted by Gasteiger charge is -2.24. The molecule has 4 aromatic heterocycles. The van der Waals surface area contributed by atoms with Crippen LogP contribution in [0.15, 0.2) is 82.4 Å². The number of carbonyl (C=O) groups is 3. The van der Waals surface area contributed by atoms with Gasteiger partial charge in [-0.25, -0.2) is 9.59 Å². The number of benzene rings is 3. The van der Waals surface area contributed by atoms with Gasteiger partial charge in [-0.15, -0.1) is 20.4 Å². The third kappa shape index (κ3) is 5.54. The minimum atomic E-state index is -2.13. The van der Waals surface area contributed by atoms with Gasteiger partial charge in [0.25, 0.3) is 34.6 Å². The van der Waals surface area contributed by atoms with Crippen LogP contribution in [0.1, 0.15) is 27.3 Å². The van der Waals surface area contributed by atoms with Crippen LogP contribution in [0.3, 0.4) is 0 Å². The number of H-pyrrole nitrogens is 2. The van der Waals surface area contributed by atoms with Gasteiger partial charge in [-0.05, 0) is 60.5 Å². The maximum atomic E-state index is 14.5. The summed E-state index contributed by atoms with van der Waals surface area (Å²) in [6.45, 7) is 0. The molecule has 7 aromatic rings. The van der Waals surface area contributed by atoms with E-state index in [1.807, 2.05) is 0 Å². The van der Waals surface area contributed by atoms with Crippen molar-refractivity contribution < 1.29 is 14.4 Å². The highest BCUT2D eigenvalue weighted by atomic mass is 35.5. The Morgan fingerprint density at radius 1 is 0.635 bits per heavy atom. The van der Waals surface area contributed by atoms with Crippen LogP contribution in [0.2, 0.25) is 10.0 Å². The average Bonchev–Trinajstić information content (AvgIpc) is 3.79. The number of amides is 4. The van der Waals surface area contributed by atoms with Crippen molar-refractivity contribution in [2.75, 3.05) is 21.3 Å². The summed E-state index contributed by atoms with van der Waals surface area (Å²) in [5.74, 6) is -1.48. The van der Waals surface area contributed by atoms with Crippen LogP contribution in [-0.2, 0) is 11.8 Å². The number of fused-ring (bicyclic) bond motifs is 3. The molecular formula is C31H20Cl2N14O5. The van der Waals surface area contributed by atoms with Crippen LogP contribution in [0, 0.1) is 0 Å². The SMILES string of the molecule is O=C(Nc1ccc(Cl)cc1)Nc1nnc2[nH]c(=O)c(C3(c4nn5c(NC(=O)Nc6ccc(Cl)cc6)nnc5[nH]c4=O)Cc4ccccc4C3=O)nn12. The minimum absolute atomic E-state index is 0.178. The zero-order chi connectivity index (χ0) is 36.1. The first kappa shape index (κ1) is 32.2. The number of hydrogen-bond acceptors (Lipinski definition) is 11. The summed E-state index contributed by atoms with van der Waals surface area (Å²) in [5.41, 5.74) is -3.26. The van der Waals surface area contributed by atoms with E-state index in [2.05, 4.69) is 61.8 Å². The van der Waals surface area contributed by atoms with E-state index in [4.69, 9.17) is 23.2 Å². The molecule has 21 heteroatoms. The molecule has 0 spiro atoms. The van der Waals surface area contributed by atoms with E-state index in [9.17, 15) is 24.0 Å². The first-order chi connectivity index (χ1) is 25.1. The van der Waals surface area contributed by atoms with Crippen molar-refractivity contribution in [3.05, 3.63) is 126 Å². The Bertz CT molecular complexity index is 2550. The zero-order valence-corrected chi connectivity index (χ0v) is 27.5. The van der Waals surface area contributed by atoms with Gasteiger partial charge in [-0.2, -0.15) is 19.2 Å². The second-order valence-electron chi connectivity index (χ2n) is 11.4. The maximum Gasteiger partial charge on any atom is 0.326 e. The van der Waals surface area contributed by atoms with Gasteiger partial charge in [0.05, 0.1) is 0 Å². The van der Waals surface area contributed by atoms with Gasteiger partial charge in [0.15, 0.2) is 5.78 Å². The molecule has 4 amide bonds. The van der Waals surface area contributed by atoms with Crippen molar-refractivity contribution >= 4 is 75.9 Å². The fourth-order valence-corrected chi connectivity index (χ4v) is 6.06. The number of rotatable bonds is 6. The van der Waals surface area contributed by atoms with Gasteiger partial charge in [0.1, 0.15) is 16.8 Å². The molecule has 258 valence electrons. The Morgan fingerprint density at radius 3 is 1.56 bits per heavy atom. The second kappa shape index (κ2) is 12.4. The van der Waals surface area contributed by atoms with Crippen molar-refractivity contribution in [1.29, 1.82) is 0 Å². The maximum absolute atomic E-state index is 14.5. The minimum Gasteiger partial charge on any atom is -0.308 e. The number of urea groups is 2. The Labute approximate surface area is 298 Å². The molecule has 0 aliphatic heterocycles. The fraction of sp³-hybridized carbons (Fsp3) is 0.0645. The largest absolute Gasteiger partial charge is 0.326 e. The molecule has 0 fully saturated rings. The summed E-state index contributed by atoms with van der Waals surface area (Å²) in [6.07, 6.45) is -0.213. The van der Waals surface area contributed by atoms with Crippen LogP contribution in [0.25, 0.3) is 11.6 Å². The van der Waals surface area contributed by atoms with E-state index in [1.165, 1.54) is 0 Å². The number of nitrogens with zero attached hydrogens (tertiary/aromatic N) is 8. The number of nitrogens with one attached hydrogen (secondary N) is 6. The fourth-order valence-electron chi connectivity index (χ4n) is 5.81. The summed E-state index contributed by atoms with van der Waals surface area (Å²) in [7, 11) is 0. The number of aromatic amines is 2. The normalized spacial score (nSPS) is 13.2. The number of carbonyl (C=O) groups excluding carboxylic acids is 3. The Kier molecular flexibility index (Phi) is 7.69. The predicted molar refractivity (Wildman–Crippen MR) is 186 cm³/mol. The predicted octanol–water partition coefficient (Wildman–Crippen LogP) is 3.26. The van der Waals surface area contributed by atoms with E-state index in [1.54, 1.807) is 72.8 Å². The molecule has 1 aliphatic carbocycles.